The average Bonchev–Trinajstić information content (AvgIpc) is 3.31. The highest BCUT2D eigenvalue weighted by Crippen LogP contribution is 2.23. The molecular formula is C22H29N5O5S. The van der Waals surface area contributed by atoms with Gasteiger partial charge in [-0.3, -0.25) is 14.7 Å². The van der Waals surface area contributed by atoms with Crippen LogP contribution in [0.5, 0.6) is 0 Å². The van der Waals surface area contributed by atoms with Gasteiger partial charge in [0.2, 0.25) is 10.0 Å². The normalized spacial score (nSPS) is 16.6. The smallest absolute Gasteiger partial charge is 0.253 e. The molecule has 33 heavy (non-hydrogen) atoms. The first-order valence-corrected chi connectivity index (χ1v) is 12.1. The topological polar surface area (TPSA) is 142 Å². The molecule has 3 heterocycles. The van der Waals surface area contributed by atoms with Gasteiger partial charge in [0.1, 0.15) is 6.79 Å². The second kappa shape index (κ2) is 10.5. The highest BCUT2D eigenvalue weighted by molar-refractivity contribution is 7.88. The van der Waals surface area contributed by atoms with Crippen LogP contribution in [0.4, 0.5) is 0 Å². The van der Waals surface area contributed by atoms with Crippen LogP contribution in [0.3, 0.4) is 0 Å². The largest absolute Gasteiger partial charge is 0.348 e. The molecule has 1 amide bonds. The lowest BCUT2D eigenvalue weighted by atomic mass is 9.90. The van der Waals surface area contributed by atoms with E-state index in [1.54, 1.807) is 36.5 Å². The van der Waals surface area contributed by atoms with E-state index < -0.39 is 10.0 Å². The van der Waals surface area contributed by atoms with Crippen molar-refractivity contribution in [3.8, 4) is 0 Å². The van der Waals surface area contributed by atoms with Crippen molar-refractivity contribution in [2.24, 2.45) is 5.92 Å². The number of pyridine rings is 1. The third-order valence-corrected chi connectivity index (χ3v) is 6.74. The average molecular weight is 476 g/mol. The monoisotopic (exact) mass is 475 g/mol. The molecule has 2 N–H and O–H groups in total. The van der Waals surface area contributed by atoms with E-state index in [2.05, 4.69) is 20.5 Å². The van der Waals surface area contributed by atoms with Gasteiger partial charge in [-0.15, -0.1) is 0 Å². The molecule has 0 saturated carbocycles. The Morgan fingerprint density at radius 3 is 2.64 bits per heavy atom. The fourth-order valence-corrected chi connectivity index (χ4v) is 4.64. The van der Waals surface area contributed by atoms with Crippen molar-refractivity contribution in [2.45, 2.75) is 19.4 Å². The molecule has 0 radical (unpaired) electrons. The van der Waals surface area contributed by atoms with Crippen LogP contribution < -0.4 is 5.32 Å². The van der Waals surface area contributed by atoms with Crippen LogP contribution in [0.2, 0.25) is 0 Å². The lowest BCUT2D eigenvalue weighted by Gasteiger charge is -2.30. The zero-order valence-electron chi connectivity index (χ0n) is 18.2. The molecule has 1 aromatic carbocycles. The molecular weight excluding hydrogens is 446 g/mol. The molecule has 11 heteroatoms. The van der Waals surface area contributed by atoms with E-state index in [9.17, 15) is 18.0 Å². The standard InChI is InChI=1S/C21H23N5O4S.CH2O.2H2/c1-31(29,30)26-8-2-3-16(13-26)19(27)15-6-4-14(5-7-15)10-23-21(28)18-9-17-12-24-25-20(17)22-11-18;1-2;;/h4-7,9,11-12,16H,2-3,8,10,13H2,1H3,(H,23,28)(H,22,24,25);1H2;2*1H. The number of fused-ring (bicyclic) bond motifs is 1. The summed E-state index contributed by atoms with van der Waals surface area (Å²) >= 11 is 0. The van der Waals surface area contributed by atoms with Crippen LogP contribution >= 0.6 is 0 Å². The predicted molar refractivity (Wildman–Crippen MR) is 126 cm³/mol. The van der Waals surface area contributed by atoms with Gasteiger partial charge in [0.15, 0.2) is 11.4 Å². The van der Waals surface area contributed by atoms with Crippen LogP contribution in [0.15, 0.2) is 42.7 Å². The van der Waals surface area contributed by atoms with E-state index in [-0.39, 0.29) is 27.0 Å². The summed E-state index contributed by atoms with van der Waals surface area (Å²) in [6.07, 6.45) is 5.62. The summed E-state index contributed by atoms with van der Waals surface area (Å²) in [5, 5.41) is 10.2. The van der Waals surface area contributed by atoms with E-state index in [0.717, 1.165) is 10.9 Å². The van der Waals surface area contributed by atoms with Crippen LogP contribution in [0.25, 0.3) is 11.0 Å². The Hall–Kier alpha value is -3.44. The molecule has 1 aliphatic rings. The Balaban J connectivity index is 0.00000149. The van der Waals surface area contributed by atoms with Crippen molar-refractivity contribution in [1.82, 2.24) is 24.8 Å². The summed E-state index contributed by atoms with van der Waals surface area (Å²) < 4.78 is 24.9. The van der Waals surface area contributed by atoms with Crippen LogP contribution in [0.1, 0.15) is 42.0 Å². The number of hydrogen-bond acceptors (Lipinski definition) is 7. The van der Waals surface area contributed by atoms with Gasteiger partial charge in [-0.2, -0.15) is 5.10 Å². The number of H-pyrrole nitrogens is 1. The Morgan fingerprint density at radius 2 is 1.94 bits per heavy atom. The number of nitrogens with one attached hydrogen (secondary N) is 2. The number of carbonyl (C=O) groups is 3. The summed E-state index contributed by atoms with van der Waals surface area (Å²) in [6, 6.07) is 8.75. The van der Waals surface area contributed by atoms with E-state index >= 15 is 0 Å². The number of nitrogens with zero attached hydrogens (tertiary/aromatic N) is 3. The summed E-state index contributed by atoms with van der Waals surface area (Å²) in [6.45, 7) is 3.00. The first kappa shape index (κ1) is 24.2. The zero-order chi connectivity index (χ0) is 24.0. The Labute approximate surface area is 194 Å². The second-order valence-electron chi connectivity index (χ2n) is 7.74. The lowest BCUT2D eigenvalue weighted by Crippen LogP contribution is -2.41. The molecule has 0 spiro atoms. The van der Waals surface area contributed by atoms with Crippen LogP contribution in [-0.4, -0.2) is 65.7 Å². The van der Waals surface area contributed by atoms with Crippen molar-refractivity contribution in [3.05, 3.63) is 59.4 Å². The third-order valence-electron chi connectivity index (χ3n) is 5.47. The van der Waals surface area contributed by atoms with E-state index in [4.69, 9.17) is 4.79 Å². The quantitative estimate of drug-likeness (QED) is 0.520. The van der Waals surface area contributed by atoms with Crippen molar-refractivity contribution < 1.29 is 25.7 Å². The molecule has 4 rings (SSSR count). The summed E-state index contributed by atoms with van der Waals surface area (Å²) in [4.78, 5) is 37.4. The number of Topliss-reactive ketones (excluding diaryl/α,β-unsaturated/α-hetero) is 1. The number of benzene rings is 1. The number of amides is 1. The maximum atomic E-state index is 12.8. The molecule has 0 bridgehead atoms. The summed E-state index contributed by atoms with van der Waals surface area (Å²) in [7, 11) is -3.30. The molecule has 3 aromatic rings. The van der Waals surface area contributed by atoms with Gasteiger partial charge in [0, 0.05) is 45.6 Å². The summed E-state index contributed by atoms with van der Waals surface area (Å²) in [5.74, 6) is -0.637. The maximum Gasteiger partial charge on any atom is 0.253 e. The number of aromatic nitrogens is 3. The van der Waals surface area contributed by atoms with Gasteiger partial charge in [-0.05, 0) is 24.5 Å². The summed E-state index contributed by atoms with van der Waals surface area (Å²) in [5.41, 5.74) is 2.46. The fraction of sp³-hybridized carbons (Fsp3) is 0.318. The predicted octanol–water partition coefficient (Wildman–Crippen LogP) is 2.05. The molecule has 1 aliphatic heterocycles. The number of carbonyl (C=O) groups excluding carboxylic acids is 3. The minimum Gasteiger partial charge on any atom is -0.348 e. The molecule has 10 nitrogen and oxygen atoms in total. The van der Waals surface area contributed by atoms with E-state index in [1.165, 1.54) is 16.8 Å². The molecule has 1 atom stereocenters. The SMILES string of the molecule is C=O.CS(=O)(=O)N1CCCC(C(=O)c2ccc(CNC(=O)c3cnc4[nH]ncc4c3)cc2)C1.[HH].[HH]. The van der Waals surface area contributed by atoms with Gasteiger partial charge < -0.3 is 10.1 Å². The van der Waals surface area contributed by atoms with Crippen molar-refractivity contribution in [3.63, 3.8) is 0 Å². The zero-order valence-corrected chi connectivity index (χ0v) is 19.0. The lowest BCUT2D eigenvalue weighted by molar-refractivity contribution is -0.0980. The maximum absolute atomic E-state index is 12.8. The molecule has 2 aromatic heterocycles. The second-order valence-corrected chi connectivity index (χ2v) is 9.72. The minimum atomic E-state index is -3.30. The molecule has 1 saturated heterocycles. The van der Waals surface area contributed by atoms with Gasteiger partial charge in [-0.25, -0.2) is 17.7 Å². The molecule has 178 valence electrons. The number of rotatable bonds is 6. The first-order chi connectivity index (χ1) is 15.8. The van der Waals surface area contributed by atoms with Crippen LogP contribution in [0, 0.1) is 5.92 Å². The molecule has 1 unspecified atom stereocenters. The number of piperidine rings is 1. The van der Waals surface area contributed by atoms with Gasteiger partial charge >= 0.3 is 0 Å². The number of aromatic amines is 1. The van der Waals surface area contributed by atoms with Gasteiger partial charge in [-0.1, -0.05) is 24.3 Å². The van der Waals surface area contributed by atoms with Crippen molar-refractivity contribution in [1.29, 1.82) is 0 Å². The Bertz CT molecular complexity index is 1250. The molecule has 0 aliphatic carbocycles. The van der Waals surface area contributed by atoms with Crippen molar-refractivity contribution >= 4 is 39.5 Å². The first-order valence-electron chi connectivity index (χ1n) is 10.3. The Morgan fingerprint density at radius 1 is 1.21 bits per heavy atom. The minimum absolute atomic E-state index is 0. The Kier molecular flexibility index (Phi) is 7.67. The van der Waals surface area contributed by atoms with E-state index in [1.807, 2.05) is 6.79 Å². The van der Waals surface area contributed by atoms with Crippen LogP contribution in [-0.2, 0) is 21.4 Å². The van der Waals surface area contributed by atoms with Gasteiger partial charge in [0.05, 0.1) is 18.0 Å². The van der Waals surface area contributed by atoms with Gasteiger partial charge in [0.25, 0.3) is 5.91 Å². The highest BCUT2D eigenvalue weighted by Gasteiger charge is 2.30. The number of ketones is 1. The fourth-order valence-electron chi connectivity index (χ4n) is 3.73. The third kappa shape index (κ3) is 5.88. The van der Waals surface area contributed by atoms with E-state index in [0.29, 0.717) is 42.7 Å². The number of sulfonamides is 1. The number of hydrogen-bond donors (Lipinski definition) is 2. The highest BCUT2D eigenvalue weighted by atomic mass is 32.2. The van der Waals surface area contributed by atoms with Crippen molar-refractivity contribution in [2.75, 3.05) is 19.3 Å². The molecule has 1 fully saturated rings.